The number of nitrogens with zero attached hydrogens (tertiary/aromatic N) is 3. The summed E-state index contributed by atoms with van der Waals surface area (Å²) in [5.74, 6) is -0.817. The van der Waals surface area contributed by atoms with Crippen LogP contribution < -0.4 is 30.5 Å². The van der Waals surface area contributed by atoms with E-state index >= 15 is 0 Å². The van der Waals surface area contributed by atoms with Crippen LogP contribution >= 0.6 is 15.6 Å². The van der Waals surface area contributed by atoms with Crippen molar-refractivity contribution in [1.82, 2.24) is 14.5 Å². The Morgan fingerprint density at radius 2 is 2.18 bits per heavy atom. The van der Waals surface area contributed by atoms with Crippen LogP contribution in [-0.2, 0) is 29.7 Å². The van der Waals surface area contributed by atoms with Crippen LogP contribution in [0.3, 0.4) is 0 Å². The number of nitrogens with one attached hydrogen (secondary N) is 1. The Morgan fingerprint density at radius 1 is 1.50 bits per heavy atom. The van der Waals surface area contributed by atoms with E-state index in [-0.39, 0.29) is 23.5 Å². The van der Waals surface area contributed by atoms with Gasteiger partial charge in [-0.15, -0.1) is 0 Å². The maximum Gasteiger partial charge on any atom is 0.313 e. The lowest BCUT2D eigenvalue weighted by atomic mass is 9.81. The zero-order valence-corrected chi connectivity index (χ0v) is 16.1. The van der Waals surface area contributed by atoms with Gasteiger partial charge in [0.15, 0.2) is 12.6 Å². The van der Waals surface area contributed by atoms with Crippen molar-refractivity contribution >= 4 is 40.6 Å². The topological polar surface area (TPSA) is 212 Å². The molecule has 0 aromatic carbocycles. The molecule has 0 aliphatic carbocycles. The van der Waals surface area contributed by atoms with Gasteiger partial charge in [0.25, 0.3) is 19.3 Å². The molecule has 0 amide bonds. The first kappa shape index (κ1) is 21.2. The standard InChI is InChI=1S/C11H16BN5O9P2/c1-16-4-17(9-8(16)10(18)15-11(13)14-9)7-2-5(12)6(25-7)3-24-28(22,23)26-27(19,20)21/h4-7H,2-3H2,1H3,(H5-,13,14,15,18,19,20,21,22,23)/p-2/t5-,6-,7-/m1/s1. The smallest absolute Gasteiger partial charge is 0.313 e. The summed E-state index contributed by atoms with van der Waals surface area (Å²) in [6, 6.07) is 0. The first-order valence-corrected chi connectivity index (χ1v) is 10.6. The first-order chi connectivity index (χ1) is 12.9. The number of hydrogen-bond acceptors (Lipinski definition) is 11. The van der Waals surface area contributed by atoms with Gasteiger partial charge in [0.05, 0.1) is 35.4 Å². The van der Waals surface area contributed by atoms with Crippen molar-refractivity contribution < 1.29 is 41.9 Å². The lowest BCUT2D eigenvalue weighted by molar-refractivity contribution is -0.739. The van der Waals surface area contributed by atoms with E-state index in [2.05, 4.69) is 18.8 Å². The van der Waals surface area contributed by atoms with Crippen LogP contribution in [0.15, 0.2) is 11.1 Å². The maximum absolute atomic E-state index is 12.1. The second-order valence-electron chi connectivity index (χ2n) is 6.06. The molecular formula is C11H14BN5O9P2-2. The normalized spacial score (nSPS) is 25.2. The third kappa shape index (κ3) is 4.53. The van der Waals surface area contributed by atoms with Gasteiger partial charge in [-0.2, -0.15) is 0 Å². The Balaban J connectivity index is 1.78. The minimum Gasteiger partial charge on any atom is -0.790 e. The summed E-state index contributed by atoms with van der Waals surface area (Å²) in [5, 5.41) is 0. The monoisotopic (exact) mass is 433 g/mol. The van der Waals surface area contributed by atoms with E-state index in [1.807, 2.05) is 0 Å². The molecule has 1 unspecified atom stereocenters. The second-order valence-corrected chi connectivity index (χ2v) is 8.76. The van der Waals surface area contributed by atoms with E-state index in [0.717, 1.165) is 0 Å². The summed E-state index contributed by atoms with van der Waals surface area (Å²) in [6.07, 6.45) is 0.00562. The van der Waals surface area contributed by atoms with Gasteiger partial charge in [0.2, 0.25) is 5.52 Å². The fraction of sp³-hybridized carbons (Fsp3) is 0.545. The molecule has 3 N–H and O–H groups in total. The molecular weight excluding hydrogens is 419 g/mol. The SMILES string of the molecule is [B][C@@H]1C[C@H]([n+]2cn(C)c3c(=O)[nH]c(N)nc32)O[C@@H]1COP(=O)([O-])OP(=O)([O-])[O-]. The average molecular weight is 433 g/mol. The predicted octanol–water partition coefficient (Wildman–Crippen LogP) is -3.29. The molecule has 1 fully saturated rings. The number of aryl methyl sites for hydroxylation is 1. The van der Waals surface area contributed by atoms with Gasteiger partial charge >= 0.3 is 5.65 Å². The highest BCUT2D eigenvalue weighted by Gasteiger charge is 2.38. The van der Waals surface area contributed by atoms with E-state index in [4.69, 9.17) is 18.3 Å². The Kier molecular flexibility index (Phi) is 5.56. The minimum absolute atomic E-state index is 0.108. The van der Waals surface area contributed by atoms with E-state index in [1.54, 1.807) is 7.05 Å². The zero-order valence-electron chi connectivity index (χ0n) is 14.3. The van der Waals surface area contributed by atoms with Crippen molar-refractivity contribution in [2.45, 2.75) is 24.6 Å². The summed E-state index contributed by atoms with van der Waals surface area (Å²) >= 11 is 0. The van der Waals surface area contributed by atoms with E-state index in [9.17, 15) is 28.6 Å². The number of H-pyrrole nitrogens is 1. The molecule has 1 aliphatic heterocycles. The summed E-state index contributed by atoms with van der Waals surface area (Å²) in [5.41, 5.74) is 5.56. The van der Waals surface area contributed by atoms with Gasteiger partial charge in [0.1, 0.15) is 0 Å². The molecule has 0 saturated carbocycles. The lowest BCUT2D eigenvalue weighted by Crippen LogP contribution is -2.39. The van der Waals surface area contributed by atoms with Crippen LogP contribution in [0.2, 0.25) is 5.82 Å². The van der Waals surface area contributed by atoms with Crippen molar-refractivity contribution in [1.29, 1.82) is 0 Å². The van der Waals surface area contributed by atoms with Crippen LogP contribution in [0.25, 0.3) is 11.2 Å². The van der Waals surface area contributed by atoms with Gasteiger partial charge < -0.3 is 34.2 Å². The molecule has 0 bridgehead atoms. The molecule has 4 atom stereocenters. The fourth-order valence-electron chi connectivity index (χ4n) is 2.88. The Morgan fingerprint density at radius 3 is 2.82 bits per heavy atom. The molecule has 0 spiro atoms. The van der Waals surface area contributed by atoms with Crippen LogP contribution in [-0.4, -0.2) is 35.1 Å². The van der Waals surface area contributed by atoms with E-state index in [1.165, 1.54) is 15.5 Å². The number of rotatable bonds is 6. The van der Waals surface area contributed by atoms with Crippen LogP contribution in [0, 0.1) is 0 Å². The largest absolute Gasteiger partial charge is 0.790 e. The third-order valence-corrected chi connectivity index (χ3v) is 6.05. The molecule has 1 aliphatic rings. The number of nitrogens with two attached hydrogens (primary N) is 1. The van der Waals surface area contributed by atoms with Crippen LogP contribution in [0.4, 0.5) is 5.95 Å². The number of phosphoric acid groups is 2. The van der Waals surface area contributed by atoms with Crippen molar-refractivity contribution in [3.8, 4) is 0 Å². The number of aromatic amines is 1. The lowest BCUT2D eigenvalue weighted by Gasteiger charge is -2.35. The van der Waals surface area contributed by atoms with Gasteiger partial charge in [-0.05, 0) is 5.82 Å². The quantitative estimate of drug-likeness (QED) is 0.262. The molecule has 28 heavy (non-hydrogen) atoms. The van der Waals surface area contributed by atoms with Gasteiger partial charge in [-0.25, -0.2) is 4.57 Å². The number of nitrogen functional groups attached to an aromatic ring is 1. The highest BCUT2D eigenvalue weighted by molar-refractivity contribution is 7.58. The van der Waals surface area contributed by atoms with E-state index in [0.29, 0.717) is 0 Å². The number of aromatic nitrogens is 4. The molecule has 14 nitrogen and oxygen atoms in total. The predicted molar refractivity (Wildman–Crippen MR) is 86.2 cm³/mol. The van der Waals surface area contributed by atoms with Crippen LogP contribution in [0.5, 0.6) is 0 Å². The Hall–Kier alpha value is -1.57. The summed E-state index contributed by atoms with van der Waals surface area (Å²) in [6.45, 7) is -0.681. The highest BCUT2D eigenvalue weighted by Crippen LogP contribution is 2.51. The Bertz CT molecular complexity index is 1050. The van der Waals surface area contributed by atoms with Gasteiger partial charge in [-0.3, -0.25) is 23.2 Å². The van der Waals surface area contributed by atoms with Gasteiger partial charge in [-0.1, -0.05) is 4.98 Å². The Labute approximate surface area is 158 Å². The third-order valence-electron chi connectivity index (χ3n) is 3.98. The average Bonchev–Trinajstić information content (AvgIpc) is 3.03. The number of phosphoric ester groups is 1. The van der Waals surface area contributed by atoms with Crippen LogP contribution in [0.1, 0.15) is 12.6 Å². The summed E-state index contributed by atoms with van der Waals surface area (Å²) in [4.78, 5) is 50.7. The molecule has 2 radical (unpaired) electrons. The van der Waals surface area contributed by atoms with Crippen molar-refractivity contribution in [3.63, 3.8) is 0 Å². The number of imidazole rings is 1. The second kappa shape index (κ2) is 7.36. The van der Waals surface area contributed by atoms with Crippen molar-refractivity contribution in [2.24, 2.45) is 7.05 Å². The first-order valence-electron chi connectivity index (χ1n) is 7.72. The van der Waals surface area contributed by atoms with Crippen molar-refractivity contribution in [2.75, 3.05) is 12.3 Å². The molecule has 2 aromatic rings. The highest BCUT2D eigenvalue weighted by atomic mass is 31.3. The summed E-state index contributed by atoms with van der Waals surface area (Å²) < 4.78 is 38.2. The molecule has 17 heteroatoms. The van der Waals surface area contributed by atoms with Crippen molar-refractivity contribution in [3.05, 3.63) is 16.7 Å². The number of anilines is 1. The molecule has 2 aromatic heterocycles. The van der Waals surface area contributed by atoms with Gasteiger partial charge in [0, 0.05) is 6.42 Å². The fourth-order valence-corrected chi connectivity index (χ4v) is 4.37. The maximum atomic E-state index is 12.1. The molecule has 152 valence electrons. The van der Waals surface area contributed by atoms with E-state index < -0.39 is 46.0 Å². The molecule has 3 heterocycles. The number of hydrogen-bond donors (Lipinski definition) is 2. The summed E-state index contributed by atoms with van der Waals surface area (Å²) in [7, 11) is -3.65. The number of ether oxygens (including phenoxy) is 1. The molecule has 3 rings (SSSR count). The minimum atomic E-state index is -5.79. The number of fused-ring (bicyclic) bond motifs is 1. The zero-order chi connectivity index (χ0) is 20.9. The molecule has 1 saturated heterocycles.